The number of pyridine rings is 1. The Hall–Kier alpha value is -3.11. The minimum Gasteiger partial charge on any atom is -0.473 e. The summed E-state index contributed by atoms with van der Waals surface area (Å²) in [5, 5.41) is 17.8. The molecule has 154 valence electrons. The average Bonchev–Trinajstić information content (AvgIpc) is 3.11. The van der Waals surface area contributed by atoms with Crippen LogP contribution in [-0.2, 0) is 0 Å². The molecule has 3 heterocycles. The Morgan fingerprint density at radius 1 is 1.34 bits per heavy atom. The van der Waals surface area contributed by atoms with E-state index in [-0.39, 0.29) is 11.7 Å². The first-order valence-corrected chi connectivity index (χ1v) is 9.33. The van der Waals surface area contributed by atoms with Gasteiger partial charge in [-0.05, 0) is 25.3 Å². The zero-order chi connectivity index (χ0) is 21.0. The van der Waals surface area contributed by atoms with Crippen molar-refractivity contribution >= 4 is 40.5 Å². The molecule has 11 heteroatoms. The molecule has 0 bridgehead atoms. The molecule has 3 aromatic heterocycles. The monoisotopic (exact) mass is 419 g/mol. The number of amides is 1. The van der Waals surface area contributed by atoms with Gasteiger partial charge in [0.25, 0.3) is 5.91 Å². The van der Waals surface area contributed by atoms with Gasteiger partial charge in [-0.15, -0.1) is 0 Å². The number of primary amides is 1. The first kappa shape index (κ1) is 20.6. The standard InChI is InChI=1S/C17H18ClN7O2.CH4O/c1-20-14-6-13(24-16-11(15(19)26)8-22-25(14)16)23-12-5-9(18)7-21-17(12)27-10-3-2-4-10;1-2/h5-8,10,20H,2-4H2,1H3,(H2,19,26)(H,23,24);2H,1H3. The van der Waals surface area contributed by atoms with Gasteiger partial charge in [0.2, 0.25) is 5.88 Å². The predicted octanol–water partition coefficient (Wildman–Crippen LogP) is 2.20. The van der Waals surface area contributed by atoms with Crippen LogP contribution in [0.15, 0.2) is 24.5 Å². The number of fused-ring (bicyclic) bond motifs is 1. The highest BCUT2D eigenvalue weighted by atomic mass is 35.5. The molecule has 0 aromatic carbocycles. The first-order valence-electron chi connectivity index (χ1n) is 8.95. The lowest BCUT2D eigenvalue weighted by Crippen LogP contribution is -2.25. The van der Waals surface area contributed by atoms with Crippen LogP contribution < -0.4 is 21.1 Å². The van der Waals surface area contributed by atoms with Gasteiger partial charge >= 0.3 is 0 Å². The van der Waals surface area contributed by atoms with E-state index in [2.05, 4.69) is 25.7 Å². The van der Waals surface area contributed by atoms with Crippen LogP contribution >= 0.6 is 11.6 Å². The molecule has 3 aromatic rings. The van der Waals surface area contributed by atoms with Gasteiger partial charge in [-0.1, -0.05) is 11.6 Å². The van der Waals surface area contributed by atoms with E-state index in [0.29, 0.717) is 33.9 Å². The maximum absolute atomic E-state index is 11.6. The summed E-state index contributed by atoms with van der Waals surface area (Å²) in [7, 11) is 2.75. The third-order valence-electron chi connectivity index (χ3n) is 4.40. The topological polar surface area (TPSA) is 140 Å². The summed E-state index contributed by atoms with van der Waals surface area (Å²) in [6.45, 7) is 0. The Balaban J connectivity index is 0.00000117. The van der Waals surface area contributed by atoms with E-state index in [4.69, 9.17) is 27.2 Å². The molecule has 1 amide bonds. The molecule has 0 radical (unpaired) electrons. The number of carbonyl (C=O) groups is 1. The first-order chi connectivity index (χ1) is 14.0. The Morgan fingerprint density at radius 2 is 2.10 bits per heavy atom. The number of halogens is 1. The smallest absolute Gasteiger partial charge is 0.254 e. The fraction of sp³-hybridized carbons (Fsp3) is 0.333. The highest BCUT2D eigenvalue weighted by molar-refractivity contribution is 6.30. The van der Waals surface area contributed by atoms with Crippen LogP contribution in [0.1, 0.15) is 29.6 Å². The average molecular weight is 420 g/mol. The van der Waals surface area contributed by atoms with Gasteiger partial charge in [-0.25, -0.2) is 9.97 Å². The van der Waals surface area contributed by atoms with Gasteiger partial charge in [0.15, 0.2) is 5.65 Å². The van der Waals surface area contributed by atoms with Gasteiger partial charge in [0.05, 0.1) is 11.2 Å². The van der Waals surface area contributed by atoms with Crippen LogP contribution in [-0.4, -0.2) is 50.9 Å². The molecular weight excluding hydrogens is 398 g/mol. The molecule has 10 nitrogen and oxygen atoms in total. The quantitative estimate of drug-likeness (QED) is 0.476. The second kappa shape index (κ2) is 8.93. The van der Waals surface area contributed by atoms with Crippen molar-refractivity contribution < 1.29 is 14.6 Å². The minimum atomic E-state index is -0.602. The third-order valence-corrected chi connectivity index (χ3v) is 4.61. The Kier molecular flexibility index (Phi) is 6.35. The van der Waals surface area contributed by atoms with Crippen molar-refractivity contribution in [1.29, 1.82) is 0 Å². The molecule has 0 spiro atoms. The van der Waals surface area contributed by atoms with Crippen LogP contribution in [0.5, 0.6) is 5.88 Å². The van der Waals surface area contributed by atoms with Gasteiger partial charge < -0.3 is 26.2 Å². The van der Waals surface area contributed by atoms with Crippen molar-refractivity contribution in [3.8, 4) is 5.88 Å². The molecular formula is C18H22ClN7O3. The summed E-state index contributed by atoms with van der Waals surface area (Å²) < 4.78 is 7.44. The number of aromatic nitrogens is 4. The second-order valence-electron chi connectivity index (χ2n) is 6.24. The maximum atomic E-state index is 11.6. The molecule has 5 N–H and O–H groups in total. The lowest BCUT2D eigenvalue weighted by molar-refractivity contribution is 0.100. The minimum absolute atomic E-state index is 0.166. The van der Waals surface area contributed by atoms with Crippen LogP contribution in [0.2, 0.25) is 5.02 Å². The molecule has 0 unspecified atom stereocenters. The summed E-state index contributed by atoms with van der Waals surface area (Å²) in [6.07, 6.45) is 6.27. The number of nitrogens with zero attached hydrogens (tertiary/aromatic N) is 4. The largest absolute Gasteiger partial charge is 0.473 e. The number of hydrogen-bond donors (Lipinski definition) is 4. The van der Waals surface area contributed by atoms with Gasteiger partial charge in [-0.2, -0.15) is 9.61 Å². The summed E-state index contributed by atoms with van der Waals surface area (Å²) in [4.78, 5) is 20.4. The van der Waals surface area contributed by atoms with Crippen molar-refractivity contribution in [1.82, 2.24) is 19.6 Å². The molecule has 29 heavy (non-hydrogen) atoms. The van der Waals surface area contributed by atoms with E-state index in [1.54, 1.807) is 25.4 Å². The van der Waals surface area contributed by atoms with E-state index >= 15 is 0 Å². The fourth-order valence-electron chi connectivity index (χ4n) is 2.77. The van der Waals surface area contributed by atoms with Crippen molar-refractivity contribution in [2.45, 2.75) is 25.4 Å². The number of rotatable bonds is 6. The molecule has 0 aliphatic heterocycles. The number of nitrogens with two attached hydrogens (primary N) is 1. The SMILES string of the molecule is CNc1cc(Nc2cc(Cl)cnc2OC2CCC2)nc2c(C(N)=O)cnn12.CO. The van der Waals surface area contributed by atoms with E-state index in [1.165, 1.54) is 10.7 Å². The summed E-state index contributed by atoms with van der Waals surface area (Å²) in [6, 6.07) is 3.47. The number of ether oxygens (including phenoxy) is 1. The molecule has 0 saturated heterocycles. The van der Waals surface area contributed by atoms with Gasteiger partial charge in [-0.3, -0.25) is 4.79 Å². The number of aliphatic hydroxyl groups is 1. The van der Waals surface area contributed by atoms with E-state index < -0.39 is 5.91 Å². The Bertz CT molecular complexity index is 1020. The number of carbonyl (C=O) groups excluding carboxylic acids is 1. The van der Waals surface area contributed by atoms with Gasteiger partial charge in [0.1, 0.15) is 29.0 Å². The number of nitrogens with one attached hydrogen (secondary N) is 2. The fourth-order valence-corrected chi connectivity index (χ4v) is 2.93. The van der Waals surface area contributed by atoms with E-state index in [0.717, 1.165) is 26.4 Å². The van der Waals surface area contributed by atoms with Crippen molar-refractivity contribution in [3.05, 3.63) is 35.1 Å². The lowest BCUT2D eigenvalue weighted by atomic mass is 9.96. The van der Waals surface area contributed by atoms with Gasteiger partial charge in [0, 0.05) is 26.4 Å². The Labute approximate surface area is 172 Å². The summed E-state index contributed by atoms with van der Waals surface area (Å²) in [5.74, 6) is 0.958. The highest BCUT2D eigenvalue weighted by Crippen LogP contribution is 2.32. The van der Waals surface area contributed by atoms with Crippen LogP contribution in [0.3, 0.4) is 0 Å². The number of anilines is 3. The zero-order valence-electron chi connectivity index (χ0n) is 16.0. The zero-order valence-corrected chi connectivity index (χ0v) is 16.8. The van der Waals surface area contributed by atoms with Crippen LogP contribution in [0, 0.1) is 0 Å². The third kappa shape index (κ3) is 4.33. The molecule has 1 aliphatic rings. The van der Waals surface area contributed by atoms with Crippen LogP contribution in [0.4, 0.5) is 17.3 Å². The van der Waals surface area contributed by atoms with Crippen molar-refractivity contribution in [3.63, 3.8) is 0 Å². The molecule has 4 rings (SSSR count). The highest BCUT2D eigenvalue weighted by Gasteiger charge is 2.22. The van der Waals surface area contributed by atoms with E-state index in [9.17, 15) is 4.79 Å². The van der Waals surface area contributed by atoms with E-state index in [1.807, 2.05) is 0 Å². The summed E-state index contributed by atoms with van der Waals surface area (Å²) >= 11 is 6.10. The predicted molar refractivity (Wildman–Crippen MR) is 110 cm³/mol. The number of aliphatic hydroxyl groups excluding tert-OH is 1. The van der Waals surface area contributed by atoms with Crippen molar-refractivity contribution in [2.75, 3.05) is 24.8 Å². The Morgan fingerprint density at radius 3 is 2.72 bits per heavy atom. The summed E-state index contributed by atoms with van der Waals surface area (Å²) in [5.41, 5.74) is 6.58. The number of hydrogen-bond acceptors (Lipinski definition) is 8. The van der Waals surface area contributed by atoms with Crippen LogP contribution in [0.25, 0.3) is 5.65 Å². The molecule has 1 fully saturated rings. The second-order valence-corrected chi connectivity index (χ2v) is 6.67. The van der Waals surface area contributed by atoms with Crippen molar-refractivity contribution in [2.24, 2.45) is 5.73 Å². The lowest BCUT2D eigenvalue weighted by Gasteiger charge is -2.26. The molecule has 0 atom stereocenters. The maximum Gasteiger partial charge on any atom is 0.254 e. The molecule has 1 aliphatic carbocycles. The normalized spacial score (nSPS) is 13.2. The molecule has 1 saturated carbocycles.